The van der Waals surface area contributed by atoms with Crippen LogP contribution in [0.15, 0.2) is 45.3 Å². The molecule has 0 bridgehead atoms. The third-order valence-corrected chi connectivity index (χ3v) is 5.81. The van der Waals surface area contributed by atoms with Gasteiger partial charge in [-0.05, 0) is 40.6 Å². The number of nitrogens with zero attached hydrogens (tertiary/aromatic N) is 7. The van der Waals surface area contributed by atoms with Crippen LogP contribution < -0.4 is 0 Å². The molecule has 0 spiro atoms. The molecule has 0 fully saturated rings. The molecule has 0 aliphatic rings. The molecule has 3 heterocycles. The number of unbranched alkanes of at least 4 members (excludes halogenated alkanes) is 3. The summed E-state index contributed by atoms with van der Waals surface area (Å²) >= 11 is 1.27. The van der Waals surface area contributed by atoms with Gasteiger partial charge < -0.3 is 4.57 Å². The molecule has 0 radical (unpaired) electrons. The first-order chi connectivity index (χ1) is 15.6. The summed E-state index contributed by atoms with van der Waals surface area (Å²) in [5.74, 6) is 6.97. The van der Waals surface area contributed by atoms with E-state index >= 15 is 0 Å². The molecule has 0 N–H and O–H groups in total. The van der Waals surface area contributed by atoms with E-state index in [4.69, 9.17) is 4.63 Å². The molecule has 0 amide bonds. The first-order valence-corrected chi connectivity index (χ1v) is 10.8. The van der Waals surface area contributed by atoms with Gasteiger partial charge in [0, 0.05) is 48.0 Å². The third-order valence-electron chi connectivity index (χ3n) is 4.72. The zero-order chi connectivity index (χ0) is 22.5. The van der Waals surface area contributed by atoms with Gasteiger partial charge in [0.15, 0.2) is 16.5 Å². The van der Waals surface area contributed by atoms with Gasteiger partial charge in [-0.25, -0.2) is 4.63 Å². The molecule has 10 nitrogen and oxygen atoms in total. The van der Waals surface area contributed by atoms with Gasteiger partial charge >= 0.3 is 5.69 Å². The second kappa shape index (κ2) is 9.57. The van der Waals surface area contributed by atoms with Gasteiger partial charge in [-0.15, -0.1) is 10.2 Å². The van der Waals surface area contributed by atoms with Gasteiger partial charge in [-0.3, -0.25) is 15.1 Å². The second-order valence-electron chi connectivity index (χ2n) is 6.99. The van der Waals surface area contributed by atoms with Gasteiger partial charge in [0.1, 0.15) is 0 Å². The second-order valence-corrected chi connectivity index (χ2v) is 8.00. The summed E-state index contributed by atoms with van der Waals surface area (Å²) in [6.45, 7) is 2.17. The quantitative estimate of drug-likeness (QED) is 0.174. The highest BCUT2D eigenvalue weighted by atomic mass is 32.2. The number of benzene rings is 1. The van der Waals surface area contributed by atoms with Gasteiger partial charge in [-0.1, -0.05) is 31.6 Å². The molecule has 0 saturated heterocycles. The van der Waals surface area contributed by atoms with E-state index in [1.54, 1.807) is 18.5 Å². The van der Waals surface area contributed by atoms with E-state index in [0.717, 1.165) is 24.0 Å². The zero-order valence-electron chi connectivity index (χ0n) is 17.5. The normalized spacial score (nSPS) is 10.8. The van der Waals surface area contributed by atoms with E-state index < -0.39 is 4.92 Å². The van der Waals surface area contributed by atoms with Crippen molar-refractivity contribution in [3.05, 3.63) is 46.3 Å². The molecule has 3 aromatic heterocycles. The van der Waals surface area contributed by atoms with Gasteiger partial charge in [0.2, 0.25) is 5.52 Å². The van der Waals surface area contributed by atoms with Gasteiger partial charge in [0.05, 0.1) is 4.92 Å². The van der Waals surface area contributed by atoms with E-state index in [-0.39, 0.29) is 11.2 Å². The summed E-state index contributed by atoms with van der Waals surface area (Å²) in [7, 11) is 1.84. The van der Waals surface area contributed by atoms with Crippen molar-refractivity contribution in [3.63, 3.8) is 0 Å². The lowest BCUT2D eigenvalue weighted by Crippen LogP contribution is -1.96. The molecule has 162 valence electrons. The van der Waals surface area contributed by atoms with E-state index in [9.17, 15) is 10.1 Å². The van der Waals surface area contributed by atoms with Crippen molar-refractivity contribution in [3.8, 4) is 23.2 Å². The van der Waals surface area contributed by atoms with Crippen LogP contribution in [0.3, 0.4) is 0 Å². The Labute approximate surface area is 187 Å². The SMILES string of the molecule is CCCCCC#Cc1cncc(-c2nnc(Sc3ccc([N+](=O)[O-])c4nonc34)n2C)c1. The van der Waals surface area contributed by atoms with Crippen LogP contribution in [-0.2, 0) is 7.05 Å². The molecule has 0 saturated carbocycles. The minimum atomic E-state index is -0.520. The monoisotopic (exact) mass is 449 g/mol. The van der Waals surface area contributed by atoms with E-state index in [1.165, 1.54) is 30.7 Å². The fourth-order valence-corrected chi connectivity index (χ4v) is 3.94. The molecule has 4 rings (SSSR count). The lowest BCUT2D eigenvalue weighted by Gasteiger charge is -2.04. The van der Waals surface area contributed by atoms with Crippen LogP contribution in [0.25, 0.3) is 22.4 Å². The number of pyridine rings is 1. The van der Waals surface area contributed by atoms with Crippen molar-refractivity contribution in [2.75, 3.05) is 0 Å². The Bertz CT molecular complexity index is 1340. The number of aromatic nitrogens is 6. The van der Waals surface area contributed by atoms with Crippen molar-refractivity contribution in [2.24, 2.45) is 7.05 Å². The van der Waals surface area contributed by atoms with Crippen molar-refractivity contribution < 1.29 is 9.55 Å². The first kappa shape index (κ1) is 21.5. The average Bonchev–Trinajstić information content (AvgIpc) is 3.41. The number of hydrogen-bond donors (Lipinski definition) is 0. The fraction of sp³-hybridized carbons (Fsp3) is 0.286. The third kappa shape index (κ3) is 4.45. The molecule has 0 aliphatic carbocycles. The molecule has 32 heavy (non-hydrogen) atoms. The van der Waals surface area contributed by atoms with Crippen LogP contribution in [0.1, 0.15) is 38.2 Å². The number of non-ortho nitro benzene ring substituents is 1. The highest BCUT2D eigenvalue weighted by molar-refractivity contribution is 7.99. The number of rotatable bonds is 7. The van der Waals surface area contributed by atoms with Crippen molar-refractivity contribution >= 4 is 28.5 Å². The number of fused-ring (bicyclic) bond motifs is 1. The number of nitro groups is 1. The largest absolute Gasteiger partial charge is 0.305 e. The van der Waals surface area contributed by atoms with Crippen molar-refractivity contribution in [1.82, 2.24) is 30.1 Å². The highest BCUT2D eigenvalue weighted by Crippen LogP contribution is 2.35. The molecule has 0 unspecified atom stereocenters. The summed E-state index contributed by atoms with van der Waals surface area (Å²) in [5.41, 5.74) is 1.85. The maximum absolute atomic E-state index is 11.2. The van der Waals surface area contributed by atoms with Crippen LogP contribution in [0.2, 0.25) is 0 Å². The first-order valence-electron chi connectivity index (χ1n) is 9.99. The number of nitro benzene ring substituents is 1. The van der Waals surface area contributed by atoms with Gasteiger partial charge in [0.25, 0.3) is 0 Å². The highest BCUT2D eigenvalue weighted by Gasteiger charge is 2.22. The van der Waals surface area contributed by atoms with E-state index in [2.05, 4.69) is 44.3 Å². The zero-order valence-corrected chi connectivity index (χ0v) is 18.3. The lowest BCUT2D eigenvalue weighted by atomic mass is 10.1. The minimum Gasteiger partial charge on any atom is -0.305 e. The van der Waals surface area contributed by atoms with Crippen molar-refractivity contribution in [2.45, 2.75) is 42.7 Å². The Morgan fingerprint density at radius 2 is 2.03 bits per heavy atom. The summed E-state index contributed by atoms with van der Waals surface area (Å²) < 4.78 is 6.54. The molecule has 0 atom stereocenters. The Balaban J connectivity index is 1.58. The van der Waals surface area contributed by atoms with E-state index in [0.29, 0.717) is 21.4 Å². The van der Waals surface area contributed by atoms with Crippen LogP contribution >= 0.6 is 11.8 Å². The maximum Gasteiger partial charge on any atom is 0.300 e. The lowest BCUT2D eigenvalue weighted by molar-refractivity contribution is -0.383. The Morgan fingerprint density at radius 3 is 2.84 bits per heavy atom. The fourth-order valence-electron chi connectivity index (χ4n) is 3.07. The predicted octanol–water partition coefficient (Wildman–Crippen LogP) is 4.40. The molecule has 1 aromatic carbocycles. The molecule has 11 heteroatoms. The molecule has 0 aliphatic heterocycles. The average molecular weight is 449 g/mol. The summed E-state index contributed by atoms with van der Waals surface area (Å²) in [5, 5.41) is 27.8. The predicted molar refractivity (Wildman–Crippen MR) is 118 cm³/mol. The van der Waals surface area contributed by atoms with E-state index in [1.807, 2.05) is 17.7 Å². The molecule has 4 aromatic rings. The number of hydrogen-bond acceptors (Lipinski definition) is 9. The van der Waals surface area contributed by atoms with Crippen LogP contribution in [0, 0.1) is 22.0 Å². The Hall–Kier alpha value is -3.78. The van der Waals surface area contributed by atoms with Gasteiger partial charge in [-0.2, -0.15) is 0 Å². The summed E-state index contributed by atoms with van der Waals surface area (Å²) in [6, 6.07) is 4.91. The standard InChI is InChI=1S/C21H19N7O3S/c1-3-4-5-6-7-8-14-11-15(13-22-12-14)20-23-24-21(27(20)2)32-17-10-9-16(28(29)30)18-19(17)26-31-25-18/h9-13H,3-6H2,1-2H3. The van der Waals surface area contributed by atoms with Crippen molar-refractivity contribution in [1.29, 1.82) is 0 Å². The Morgan fingerprint density at radius 1 is 1.19 bits per heavy atom. The Kier molecular flexibility index (Phi) is 6.42. The van der Waals surface area contributed by atoms with Crippen LogP contribution in [0.4, 0.5) is 5.69 Å². The molecular weight excluding hydrogens is 430 g/mol. The van der Waals surface area contributed by atoms with Crippen LogP contribution in [0.5, 0.6) is 0 Å². The summed E-state index contributed by atoms with van der Waals surface area (Å²) in [6.07, 6.45) is 7.75. The van der Waals surface area contributed by atoms with Crippen LogP contribution in [-0.4, -0.2) is 35.0 Å². The maximum atomic E-state index is 11.2. The summed E-state index contributed by atoms with van der Waals surface area (Å²) in [4.78, 5) is 15.6. The smallest absolute Gasteiger partial charge is 0.300 e. The molecular formula is C21H19N7O3S. The minimum absolute atomic E-state index is 0.0943. The topological polar surface area (TPSA) is 126 Å².